The molecule has 0 aliphatic heterocycles. The van der Waals surface area contributed by atoms with Gasteiger partial charge in [-0.15, -0.1) is 10.2 Å². The summed E-state index contributed by atoms with van der Waals surface area (Å²) in [7, 11) is -4.10. The summed E-state index contributed by atoms with van der Waals surface area (Å²) < 4.78 is 28.3. The molecule has 1 N–H and O–H groups in total. The number of nitrogens with zero attached hydrogens (tertiary/aromatic N) is 3. The molecule has 1 heterocycles. The van der Waals surface area contributed by atoms with E-state index in [4.69, 9.17) is 23.2 Å². The van der Waals surface area contributed by atoms with Crippen molar-refractivity contribution < 1.29 is 13.2 Å². The Morgan fingerprint density at radius 2 is 1.87 bits per heavy atom. The molecule has 30 heavy (non-hydrogen) atoms. The Bertz CT molecular complexity index is 1170. The van der Waals surface area contributed by atoms with Crippen molar-refractivity contribution in [1.29, 1.82) is 0 Å². The number of halogens is 2. The van der Waals surface area contributed by atoms with Gasteiger partial charge in [0, 0.05) is 0 Å². The van der Waals surface area contributed by atoms with Crippen molar-refractivity contribution in [3.63, 3.8) is 0 Å². The Balaban J connectivity index is 1.98. The van der Waals surface area contributed by atoms with E-state index in [9.17, 15) is 13.2 Å². The molecule has 0 aliphatic rings. The van der Waals surface area contributed by atoms with Crippen molar-refractivity contribution in [1.82, 2.24) is 10.2 Å². The van der Waals surface area contributed by atoms with Crippen LogP contribution in [-0.4, -0.2) is 37.3 Å². The number of aryl methyl sites for hydroxylation is 1. The van der Waals surface area contributed by atoms with Gasteiger partial charge in [-0.1, -0.05) is 70.1 Å². The number of sulfonamides is 1. The van der Waals surface area contributed by atoms with E-state index in [1.807, 2.05) is 13.2 Å². The van der Waals surface area contributed by atoms with Crippen LogP contribution in [0.1, 0.15) is 5.56 Å². The molecule has 0 unspecified atom stereocenters. The lowest BCUT2D eigenvalue weighted by atomic mass is 10.2. The van der Waals surface area contributed by atoms with Gasteiger partial charge in [-0.05, 0) is 37.4 Å². The topological polar surface area (TPSA) is 92.3 Å². The minimum Gasteiger partial charge on any atom is -0.299 e. The van der Waals surface area contributed by atoms with Crippen LogP contribution < -0.4 is 9.62 Å². The standard InChI is InChI=1S/C18H16Cl2N4O3S3/c1-11-6-8-12(9-7-11)30(26,27)24(14-5-3-4-13(19)16(14)20)10-15(25)21-17-22-23-18(28-2)29-17/h3-9H,10H2,1-2H3,(H,21,22,25). The second-order valence-corrected chi connectivity index (χ2v) is 10.7. The third-order valence-electron chi connectivity index (χ3n) is 3.92. The number of hydrogen-bond acceptors (Lipinski definition) is 7. The monoisotopic (exact) mass is 502 g/mol. The first-order valence-corrected chi connectivity index (χ1v) is 12.7. The number of carbonyl (C=O) groups excluding carboxylic acids is 1. The number of aromatic nitrogens is 2. The molecule has 0 bridgehead atoms. The lowest BCUT2D eigenvalue weighted by molar-refractivity contribution is -0.114. The molecule has 3 aromatic rings. The molecule has 0 fully saturated rings. The van der Waals surface area contributed by atoms with Crippen LogP contribution in [0.5, 0.6) is 0 Å². The van der Waals surface area contributed by atoms with E-state index in [2.05, 4.69) is 15.5 Å². The highest BCUT2D eigenvalue weighted by Gasteiger charge is 2.29. The van der Waals surface area contributed by atoms with Gasteiger partial charge in [0.2, 0.25) is 11.0 Å². The summed E-state index contributed by atoms with van der Waals surface area (Å²) in [4.78, 5) is 12.7. The molecule has 3 rings (SSSR count). The molecule has 7 nitrogen and oxygen atoms in total. The van der Waals surface area contributed by atoms with E-state index >= 15 is 0 Å². The largest absolute Gasteiger partial charge is 0.299 e. The Kier molecular flexibility index (Phi) is 7.25. The molecule has 0 saturated heterocycles. The third-order valence-corrected chi connectivity index (χ3v) is 8.32. The fourth-order valence-corrected chi connectivity index (χ4v) is 5.52. The SMILES string of the molecule is CSc1nnc(NC(=O)CN(c2cccc(Cl)c2Cl)S(=O)(=O)c2ccc(C)cc2)s1. The lowest BCUT2D eigenvalue weighted by Gasteiger charge is -2.25. The zero-order chi connectivity index (χ0) is 21.9. The van der Waals surface area contributed by atoms with Crippen LogP contribution >= 0.6 is 46.3 Å². The van der Waals surface area contributed by atoms with E-state index in [0.29, 0.717) is 4.34 Å². The maximum Gasteiger partial charge on any atom is 0.264 e. The number of anilines is 2. The van der Waals surface area contributed by atoms with Crippen LogP contribution in [0.15, 0.2) is 51.7 Å². The molecule has 2 aromatic carbocycles. The highest BCUT2D eigenvalue weighted by atomic mass is 35.5. The lowest BCUT2D eigenvalue weighted by Crippen LogP contribution is -2.38. The predicted octanol–water partition coefficient (Wildman–Crippen LogP) is 4.71. The summed E-state index contributed by atoms with van der Waals surface area (Å²) in [5.74, 6) is -0.592. The summed E-state index contributed by atoms with van der Waals surface area (Å²) in [6.07, 6.45) is 1.84. The molecular formula is C18H16Cl2N4O3S3. The van der Waals surface area contributed by atoms with Gasteiger partial charge in [-0.2, -0.15) is 0 Å². The first-order chi connectivity index (χ1) is 14.2. The average Bonchev–Trinajstić information content (AvgIpc) is 3.16. The maximum atomic E-state index is 13.4. The Labute approximate surface area is 192 Å². The van der Waals surface area contributed by atoms with Crippen molar-refractivity contribution in [2.24, 2.45) is 0 Å². The van der Waals surface area contributed by atoms with Crippen LogP contribution in [0.3, 0.4) is 0 Å². The Morgan fingerprint density at radius 3 is 2.50 bits per heavy atom. The van der Waals surface area contributed by atoms with E-state index in [0.717, 1.165) is 9.87 Å². The van der Waals surface area contributed by atoms with E-state index in [1.54, 1.807) is 18.2 Å². The smallest absolute Gasteiger partial charge is 0.264 e. The Hall–Kier alpha value is -1.85. The minimum absolute atomic E-state index is 0.0255. The van der Waals surface area contributed by atoms with Crippen molar-refractivity contribution in [2.45, 2.75) is 16.2 Å². The second kappa shape index (κ2) is 9.52. The van der Waals surface area contributed by atoms with Crippen molar-refractivity contribution in [2.75, 3.05) is 22.4 Å². The summed E-state index contributed by atoms with van der Waals surface area (Å²) >= 11 is 14.9. The van der Waals surface area contributed by atoms with Crippen molar-refractivity contribution in [3.05, 3.63) is 58.1 Å². The van der Waals surface area contributed by atoms with Crippen LogP contribution in [-0.2, 0) is 14.8 Å². The zero-order valence-corrected chi connectivity index (χ0v) is 19.8. The van der Waals surface area contributed by atoms with E-state index in [1.165, 1.54) is 47.4 Å². The molecule has 0 aliphatic carbocycles. The van der Waals surface area contributed by atoms with Crippen LogP contribution in [0, 0.1) is 6.92 Å². The fourth-order valence-electron chi connectivity index (χ4n) is 2.45. The molecule has 158 valence electrons. The zero-order valence-electron chi connectivity index (χ0n) is 15.8. The number of nitrogens with one attached hydrogen (secondary N) is 1. The highest BCUT2D eigenvalue weighted by molar-refractivity contribution is 8.00. The van der Waals surface area contributed by atoms with Gasteiger partial charge in [-0.3, -0.25) is 14.4 Å². The Morgan fingerprint density at radius 1 is 1.17 bits per heavy atom. The summed E-state index contributed by atoms with van der Waals surface area (Å²) in [6, 6.07) is 10.9. The summed E-state index contributed by atoms with van der Waals surface area (Å²) in [5.41, 5.74) is 1.00. The molecule has 0 spiro atoms. The fraction of sp³-hybridized carbons (Fsp3) is 0.167. The normalized spacial score (nSPS) is 11.3. The first-order valence-electron chi connectivity index (χ1n) is 8.43. The van der Waals surface area contributed by atoms with Gasteiger partial charge < -0.3 is 0 Å². The molecule has 0 atom stereocenters. The molecule has 1 aromatic heterocycles. The van der Waals surface area contributed by atoms with Gasteiger partial charge in [0.15, 0.2) is 4.34 Å². The van der Waals surface area contributed by atoms with Crippen LogP contribution in [0.25, 0.3) is 0 Å². The number of benzene rings is 2. The number of carbonyl (C=O) groups is 1. The van der Waals surface area contributed by atoms with Crippen molar-refractivity contribution >= 4 is 73.0 Å². The van der Waals surface area contributed by atoms with Crippen LogP contribution in [0.2, 0.25) is 10.0 Å². The minimum atomic E-state index is -4.10. The summed E-state index contributed by atoms with van der Waals surface area (Å²) in [5, 5.41) is 10.8. The average molecular weight is 503 g/mol. The third kappa shape index (κ3) is 5.06. The predicted molar refractivity (Wildman–Crippen MR) is 122 cm³/mol. The molecule has 0 saturated carbocycles. The van der Waals surface area contributed by atoms with Gasteiger partial charge in [0.25, 0.3) is 10.0 Å². The maximum absolute atomic E-state index is 13.4. The molecule has 1 amide bonds. The molecular weight excluding hydrogens is 487 g/mol. The van der Waals surface area contributed by atoms with Crippen LogP contribution in [0.4, 0.5) is 10.8 Å². The van der Waals surface area contributed by atoms with Gasteiger partial charge in [-0.25, -0.2) is 8.42 Å². The quantitative estimate of drug-likeness (QED) is 0.371. The van der Waals surface area contributed by atoms with Crippen molar-refractivity contribution in [3.8, 4) is 0 Å². The first kappa shape index (κ1) is 22.8. The van der Waals surface area contributed by atoms with E-state index < -0.39 is 22.5 Å². The molecule has 0 radical (unpaired) electrons. The number of hydrogen-bond donors (Lipinski definition) is 1. The van der Waals surface area contributed by atoms with Gasteiger partial charge in [0.1, 0.15) is 6.54 Å². The number of rotatable bonds is 7. The molecule has 12 heteroatoms. The second-order valence-electron chi connectivity index (χ2n) is 6.02. The number of amides is 1. The number of thioether (sulfide) groups is 1. The van der Waals surface area contributed by atoms with E-state index in [-0.39, 0.29) is 25.8 Å². The highest BCUT2D eigenvalue weighted by Crippen LogP contribution is 2.35. The van der Waals surface area contributed by atoms with Gasteiger partial charge in [0.05, 0.1) is 20.6 Å². The van der Waals surface area contributed by atoms with Gasteiger partial charge >= 0.3 is 0 Å². The summed E-state index contributed by atoms with van der Waals surface area (Å²) in [6.45, 7) is 1.32.